The van der Waals surface area contributed by atoms with Gasteiger partial charge in [0.2, 0.25) is 0 Å². The highest BCUT2D eigenvalue weighted by atomic mass is 35.5. The minimum absolute atomic E-state index is 0.241. The number of alkyl halides is 1. The summed E-state index contributed by atoms with van der Waals surface area (Å²) >= 11 is 5.71. The zero-order valence-corrected chi connectivity index (χ0v) is 10.8. The number of benzene rings is 1. The number of hydrogen-bond donors (Lipinski definition) is 0. The van der Waals surface area contributed by atoms with Crippen LogP contribution >= 0.6 is 11.6 Å². The summed E-state index contributed by atoms with van der Waals surface area (Å²) in [4.78, 5) is 4.50. The molecule has 0 saturated carbocycles. The summed E-state index contributed by atoms with van der Waals surface area (Å²) in [7, 11) is 0. The summed E-state index contributed by atoms with van der Waals surface area (Å²) in [6, 6.07) is 5.07. The van der Waals surface area contributed by atoms with Crippen LogP contribution in [0, 0.1) is 5.82 Å². The van der Waals surface area contributed by atoms with Gasteiger partial charge in [-0.15, -0.1) is 11.6 Å². The molecule has 1 aromatic carbocycles. The third-order valence-electron chi connectivity index (χ3n) is 2.77. The predicted octanol–water partition coefficient (Wildman–Crippen LogP) is 3.93. The third kappa shape index (κ3) is 2.44. The van der Waals surface area contributed by atoms with Crippen molar-refractivity contribution < 1.29 is 4.39 Å². The van der Waals surface area contributed by atoms with Crippen LogP contribution < -0.4 is 0 Å². The number of imidazole rings is 1. The first-order valence-electron chi connectivity index (χ1n) is 5.86. The lowest BCUT2D eigenvalue weighted by Gasteiger charge is -2.12. The minimum Gasteiger partial charge on any atom is -0.325 e. The Morgan fingerprint density at radius 3 is 2.82 bits per heavy atom. The molecule has 92 valence electrons. The molecule has 2 rings (SSSR count). The summed E-state index contributed by atoms with van der Waals surface area (Å²) < 4.78 is 15.3. The number of aromatic nitrogens is 2. The van der Waals surface area contributed by atoms with Crippen LogP contribution in [-0.2, 0) is 6.42 Å². The van der Waals surface area contributed by atoms with Crippen molar-refractivity contribution in [1.29, 1.82) is 0 Å². The van der Waals surface area contributed by atoms with Gasteiger partial charge in [0.15, 0.2) is 0 Å². The second kappa shape index (κ2) is 5.05. The molecule has 17 heavy (non-hydrogen) atoms. The number of nitrogens with zero attached hydrogens (tertiary/aromatic N) is 2. The smallest absolute Gasteiger partial charge is 0.125 e. The molecule has 0 bridgehead atoms. The largest absolute Gasteiger partial charge is 0.325 e. The van der Waals surface area contributed by atoms with Crippen molar-refractivity contribution >= 4 is 22.6 Å². The zero-order chi connectivity index (χ0) is 12.4. The minimum atomic E-state index is -0.241. The standard InChI is InChI=1S/C13H16ClFN2/c1-9(2)17-12-6-5-10(15)8-11(12)16-13(17)4-3-7-14/h5-6,8-9H,3-4,7H2,1-2H3. The van der Waals surface area contributed by atoms with Gasteiger partial charge in [-0.1, -0.05) is 0 Å². The van der Waals surface area contributed by atoms with Gasteiger partial charge in [-0.05, 0) is 32.4 Å². The summed E-state index contributed by atoms with van der Waals surface area (Å²) in [5, 5.41) is 0. The van der Waals surface area contributed by atoms with Gasteiger partial charge in [-0.2, -0.15) is 0 Å². The van der Waals surface area contributed by atoms with E-state index in [1.807, 2.05) is 0 Å². The van der Waals surface area contributed by atoms with Crippen LogP contribution in [0.3, 0.4) is 0 Å². The Balaban J connectivity index is 2.53. The van der Waals surface area contributed by atoms with Gasteiger partial charge in [0, 0.05) is 24.4 Å². The quantitative estimate of drug-likeness (QED) is 0.756. The van der Waals surface area contributed by atoms with E-state index in [-0.39, 0.29) is 5.82 Å². The fourth-order valence-electron chi connectivity index (χ4n) is 2.10. The third-order valence-corrected chi connectivity index (χ3v) is 3.04. The maximum atomic E-state index is 13.2. The highest BCUT2D eigenvalue weighted by Crippen LogP contribution is 2.22. The Bertz CT molecular complexity index is 519. The molecule has 1 aromatic heterocycles. The second-order valence-corrected chi connectivity index (χ2v) is 4.80. The van der Waals surface area contributed by atoms with Gasteiger partial charge in [0.1, 0.15) is 11.6 Å². The van der Waals surface area contributed by atoms with Gasteiger partial charge in [-0.3, -0.25) is 0 Å². The number of rotatable bonds is 4. The lowest BCUT2D eigenvalue weighted by Crippen LogP contribution is -2.06. The van der Waals surface area contributed by atoms with Gasteiger partial charge in [0.25, 0.3) is 0 Å². The molecule has 0 atom stereocenters. The van der Waals surface area contributed by atoms with Crippen LogP contribution in [-0.4, -0.2) is 15.4 Å². The first-order chi connectivity index (χ1) is 8.13. The second-order valence-electron chi connectivity index (χ2n) is 4.42. The van der Waals surface area contributed by atoms with Crippen LogP contribution in [0.15, 0.2) is 18.2 Å². The van der Waals surface area contributed by atoms with Crippen molar-refractivity contribution in [2.45, 2.75) is 32.7 Å². The van der Waals surface area contributed by atoms with E-state index in [0.717, 1.165) is 29.7 Å². The fourth-order valence-corrected chi connectivity index (χ4v) is 2.23. The van der Waals surface area contributed by atoms with Gasteiger partial charge < -0.3 is 4.57 Å². The van der Waals surface area contributed by atoms with E-state index in [2.05, 4.69) is 23.4 Å². The van der Waals surface area contributed by atoms with Crippen LogP contribution in [0.25, 0.3) is 11.0 Å². The predicted molar refractivity (Wildman–Crippen MR) is 69.1 cm³/mol. The van der Waals surface area contributed by atoms with E-state index in [9.17, 15) is 4.39 Å². The molecule has 0 radical (unpaired) electrons. The summed E-state index contributed by atoms with van der Waals surface area (Å²) in [5.41, 5.74) is 1.72. The highest BCUT2D eigenvalue weighted by molar-refractivity contribution is 6.17. The van der Waals surface area contributed by atoms with Crippen LogP contribution in [0.5, 0.6) is 0 Å². The maximum absolute atomic E-state index is 13.2. The van der Waals surface area contributed by atoms with E-state index in [1.54, 1.807) is 6.07 Å². The molecule has 4 heteroatoms. The fraction of sp³-hybridized carbons (Fsp3) is 0.462. The van der Waals surface area contributed by atoms with E-state index < -0.39 is 0 Å². The monoisotopic (exact) mass is 254 g/mol. The Morgan fingerprint density at radius 2 is 2.18 bits per heavy atom. The SMILES string of the molecule is CC(C)n1c(CCCCl)nc2cc(F)ccc21. The Kier molecular flexibility index (Phi) is 3.67. The van der Waals surface area contributed by atoms with Crippen molar-refractivity contribution in [1.82, 2.24) is 9.55 Å². The number of aryl methyl sites for hydroxylation is 1. The van der Waals surface area contributed by atoms with E-state index in [1.165, 1.54) is 12.1 Å². The number of hydrogen-bond acceptors (Lipinski definition) is 1. The molecule has 0 saturated heterocycles. The lowest BCUT2D eigenvalue weighted by molar-refractivity contribution is 0.580. The van der Waals surface area contributed by atoms with E-state index >= 15 is 0 Å². The lowest BCUT2D eigenvalue weighted by atomic mass is 10.2. The summed E-state index contributed by atoms with van der Waals surface area (Å²) in [5.74, 6) is 1.37. The van der Waals surface area contributed by atoms with Crippen molar-refractivity contribution in [2.24, 2.45) is 0 Å². The van der Waals surface area contributed by atoms with Crippen molar-refractivity contribution in [3.8, 4) is 0 Å². The topological polar surface area (TPSA) is 17.8 Å². The molecule has 0 amide bonds. The molecule has 0 fully saturated rings. The molecule has 0 aliphatic heterocycles. The first-order valence-corrected chi connectivity index (χ1v) is 6.39. The van der Waals surface area contributed by atoms with Gasteiger partial charge in [-0.25, -0.2) is 9.37 Å². The molecule has 0 aliphatic carbocycles. The van der Waals surface area contributed by atoms with Crippen molar-refractivity contribution in [2.75, 3.05) is 5.88 Å². The summed E-state index contributed by atoms with van der Waals surface area (Å²) in [6.07, 6.45) is 1.72. The molecule has 0 spiro atoms. The molecule has 0 N–H and O–H groups in total. The van der Waals surface area contributed by atoms with Crippen molar-refractivity contribution in [3.05, 3.63) is 29.8 Å². The molecular formula is C13H16ClFN2. The van der Waals surface area contributed by atoms with Gasteiger partial charge in [0.05, 0.1) is 11.0 Å². The maximum Gasteiger partial charge on any atom is 0.125 e. The normalized spacial score (nSPS) is 11.6. The van der Waals surface area contributed by atoms with Crippen LogP contribution in [0.2, 0.25) is 0 Å². The average Bonchev–Trinajstić information content (AvgIpc) is 2.63. The molecule has 0 unspecified atom stereocenters. The molecule has 2 aromatic rings. The zero-order valence-electron chi connectivity index (χ0n) is 10.1. The Labute approximate surface area is 105 Å². The molecule has 1 heterocycles. The molecule has 0 aliphatic rings. The van der Waals surface area contributed by atoms with Gasteiger partial charge >= 0.3 is 0 Å². The average molecular weight is 255 g/mol. The van der Waals surface area contributed by atoms with Crippen LogP contribution in [0.4, 0.5) is 4.39 Å². The molecule has 2 nitrogen and oxygen atoms in total. The number of fused-ring (bicyclic) bond motifs is 1. The Hall–Kier alpha value is -1.09. The summed E-state index contributed by atoms with van der Waals surface area (Å²) in [6.45, 7) is 4.21. The van der Waals surface area contributed by atoms with Crippen molar-refractivity contribution in [3.63, 3.8) is 0 Å². The molecular weight excluding hydrogens is 239 g/mol. The Morgan fingerprint density at radius 1 is 1.41 bits per heavy atom. The first kappa shape index (κ1) is 12.4. The van der Waals surface area contributed by atoms with E-state index in [0.29, 0.717) is 11.9 Å². The highest BCUT2D eigenvalue weighted by Gasteiger charge is 2.13. The van der Waals surface area contributed by atoms with Crippen LogP contribution in [0.1, 0.15) is 32.1 Å². The number of halogens is 2. The van der Waals surface area contributed by atoms with E-state index in [4.69, 9.17) is 11.6 Å².